The van der Waals surface area contributed by atoms with Crippen LogP contribution >= 0.6 is 15.6 Å². The first-order valence-corrected chi connectivity index (χ1v) is 41.5. The summed E-state index contributed by atoms with van der Waals surface area (Å²) in [6.45, 7) is 9.60. The lowest BCUT2D eigenvalue weighted by molar-refractivity contribution is -0.161. The Morgan fingerprint density at radius 2 is 0.495 bits per heavy atom. The number of phosphoric ester groups is 2. The Kier molecular flexibility index (Phi) is 64.6. The summed E-state index contributed by atoms with van der Waals surface area (Å²) in [6.07, 6.45) is 52.8. The molecule has 0 aromatic heterocycles. The number of phosphoric acid groups is 2. The van der Waals surface area contributed by atoms with Gasteiger partial charge in [0.05, 0.1) is 26.4 Å². The monoisotopic (exact) mass is 1370 g/mol. The van der Waals surface area contributed by atoms with Crippen molar-refractivity contribution >= 4 is 39.5 Å². The number of hydrogen-bond acceptors (Lipinski definition) is 15. The zero-order valence-corrected chi connectivity index (χ0v) is 62.3. The van der Waals surface area contributed by atoms with Gasteiger partial charge >= 0.3 is 39.5 Å². The minimum atomic E-state index is -4.95. The second-order valence-electron chi connectivity index (χ2n) is 27.6. The summed E-state index contributed by atoms with van der Waals surface area (Å²) < 4.78 is 68.3. The Labute approximate surface area is 568 Å². The van der Waals surface area contributed by atoms with Crippen LogP contribution in [0.15, 0.2) is 0 Å². The van der Waals surface area contributed by atoms with E-state index >= 15 is 0 Å². The first-order valence-electron chi connectivity index (χ1n) is 38.5. The van der Waals surface area contributed by atoms with Crippen molar-refractivity contribution < 1.29 is 80.2 Å². The molecule has 3 N–H and O–H groups in total. The van der Waals surface area contributed by atoms with Crippen LogP contribution in [0.1, 0.15) is 382 Å². The first-order chi connectivity index (χ1) is 44.9. The molecule has 93 heavy (non-hydrogen) atoms. The van der Waals surface area contributed by atoms with Gasteiger partial charge in [0, 0.05) is 25.7 Å². The predicted octanol–water partition coefficient (Wildman–Crippen LogP) is 21.6. The minimum Gasteiger partial charge on any atom is -0.462 e. The van der Waals surface area contributed by atoms with Crippen molar-refractivity contribution in [3.8, 4) is 0 Å². The molecule has 5 atom stereocenters. The third-order valence-corrected chi connectivity index (χ3v) is 19.1. The van der Waals surface area contributed by atoms with E-state index in [-0.39, 0.29) is 25.7 Å². The molecule has 0 aliphatic carbocycles. The number of aliphatic hydroxyl groups is 1. The zero-order valence-electron chi connectivity index (χ0n) is 60.6. The molecule has 0 amide bonds. The molecule has 0 aromatic carbocycles. The highest BCUT2D eigenvalue weighted by molar-refractivity contribution is 7.47. The molecule has 19 heteroatoms. The van der Waals surface area contributed by atoms with E-state index in [1.807, 2.05) is 0 Å². The fraction of sp³-hybridized carbons (Fsp3) is 0.946. The summed E-state index contributed by atoms with van der Waals surface area (Å²) in [4.78, 5) is 72.6. The van der Waals surface area contributed by atoms with E-state index < -0.39 is 97.5 Å². The van der Waals surface area contributed by atoms with Gasteiger partial charge in [0.2, 0.25) is 0 Å². The van der Waals surface area contributed by atoms with Crippen LogP contribution in [0.4, 0.5) is 0 Å². The molecule has 0 saturated heterocycles. The maximum absolute atomic E-state index is 13.1. The summed E-state index contributed by atoms with van der Waals surface area (Å²) in [5.74, 6) is -0.519. The smallest absolute Gasteiger partial charge is 0.462 e. The summed E-state index contributed by atoms with van der Waals surface area (Å²) in [7, 11) is -9.90. The van der Waals surface area contributed by atoms with Gasteiger partial charge in [-0.15, -0.1) is 0 Å². The van der Waals surface area contributed by atoms with Crippen LogP contribution in [0, 0.1) is 11.8 Å². The molecule has 0 rings (SSSR count). The lowest BCUT2D eigenvalue weighted by Crippen LogP contribution is -2.30. The Morgan fingerprint density at radius 1 is 0.290 bits per heavy atom. The molecule has 0 saturated carbocycles. The van der Waals surface area contributed by atoms with Crippen molar-refractivity contribution in [3.63, 3.8) is 0 Å². The number of esters is 4. The van der Waals surface area contributed by atoms with E-state index in [0.29, 0.717) is 25.7 Å². The first kappa shape index (κ1) is 91.1. The van der Waals surface area contributed by atoms with Gasteiger partial charge in [0.1, 0.15) is 19.3 Å². The van der Waals surface area contributed by atoms with Crippen molar-refractivity contribution in [1.82, 2.24) is 0 Å². The molecule has 0 heterocycles. The van der Waals surface area contributed by atoms with Crippen LogP contribution in [-0.2, 0) is 65.4 Å². The zero-order chi connectivity index (χ0) is 68.6. The molecule has 0 aliphatic rings. The van der Waals surface area contributed by atoms with Gasteiger partial charge in [-0.25, -0.2) is 9.13 Å². The van der Waals surface area contributed by atoms with E-state index in [1.165, 1.54) is 193 Å². The number of aliphatic hydroxyl groups excluding tert-OH is 1. The fourth-order valence-electron chi connectivity index (χ4n) is 11.3. The Hall–Kier alpha value is -1.94. The number of carbonyl (C=O) groups is 4. The third kappa shape index (κ3) is 68.4. The van der Waals surface area contributed by atoms with Crippen molar-refractivity contribution in [2.75, 3.05) is 39.6 Å². The van der Waals surface area contributed by atoms with Gasteiger partial charge in [0.25, 0.3) is 0 Å². The molecule has 0 bridgehead atoms. The van der Waals surface area contributed by atoms with Crippen LogP contribution in [0.2, 0.25) is 0 Å². The molecule has 0 aromatic rings. The van der Waals surface area contributed by atoms with E-state index in [1.54, 1.807) is 0 Å². The Morgan fingerprint density at radius 3 is 0.731 bits per heavy atom. The van der Waals surface area contributed by atoms with Gasteiger partial charge in [-0.3, -0.25) is 37.3 Å². The average molecular weight is 1370 g/mol. The van der Waals surface area contributed by atoms with Crippen LogP contribution < -0.4 is 0 Å². The van der Waals surface area contributed by atoms with Gasteiger partial charge in [-0.1, -0.05) is 330 Å². The number of rotatable bonds is 73. The van der Waals surface area contributed by atoms with E-state index in [0.717, 1.165) is 108 Å². The highest BCUT2D eigenvalue weighted by atomic mass is 31.2. The SMILES string of the molecule is CCCCCCCCCCCCC(=O)O[C@H](COC(=O)CCCCCCCCCC)COP(=O)(O)OC[C@H](O)COP(=O)(O)OC[C@@H](COC(=O)CCCCCCCCCCCCCCCCC(C)C)OC(=O)CCCCCCCCCCCCCCCCCC(C)C. The van der Waals surface area contributed by atoms with Crippen LogP contribution in [-0.4, -0.2) is 96.7 Å². The molecule has 0 spiro atoms. The Bertz CT molecular complexity index is 1800. The average Bonchev–Trinajstić information content (AvgIpc) is 1.58. The predicted molar refractivity (Wildman–Crippen MR) is 377 cm³/mol. The van der Waals surface area contributed by atoms with E-state index in [2.05, 4.69) is 41.5 Å². The fourth-order valence-corrected chi connectivity index (χ4v) is 12.9. The lowest BCUT2D eigenvalue weighted by atomic mass is 10.0. The molecule has 0 fully saturated rings. The van der Waals surface area contributed by atoms with Crippen molar-refractivity contribution in [3.05, 3.63) is 0 Å². The van der Waals surface area contributed by atoms with Gasteiger partial charge in [-0.2, -0.15) is 0 Å². The van der Waals surface area contributed by atoms with Gasteiger partial charge < -0.3 is 33.8 Å². The summed E-state index contributed by atoms with van der Waals surface area (Å²) >= 11 is 0. The molecule has 0 radical (unpaired) electrons. The quantitative estimate of drug-likeness (QED) is 0.0222. The number of ether oxygens (including phenoxy) is 4. The third-order valence-electron chi connectivity index (χ3n) is 17.2. The van der Waals surface area contributed by atoms with Crippen LogP contribution in [0.25, 0.3) is 0 Å². The van der Waals surface area contributed by atoms with Gasteiger partial charge in [0.15, 0.2) is 12.2 Å². The largest absolute Gasteiger partial charge is 0.472 e. The second kappa shape index (κ2) is 66.0. The van der Waals surface area contributed by atoms with Crippen molar-refractivity contribution in [2.24, 2.45) is 11.8 Å². The molecular formula is C74H144O17P2. The van der Waals surface area contributed by atoms with Crippen LogP contribution in [0.3, 0.4) is 0 Å². The summed E-state index contributed by atoms with van der Waals surface area (Å²) in [6, 6.07) is 0. The van der Waals surface area contributed by atoms with Crippen molar-refractivity contribution in [2.45, 2.75) is 400 Å². The van der Waals surface area contributed by atoms with Crippen LogP contribution in [0.5, 0.6) is 0 Å². The summed E-state index contributed by atoms with van der Waals surface area (Å²) in [5.41, 5.74) is 0. The molecular weight excluding hydrogens is 1220 g/mol. The molecule has 552 valence electrons. The number of hydrogen-bond donors (Lipinski definition) is 3. The molecule has 0 aliphatic heterocycles. The lowest BCUT2D eigenvalue weighted by Gasteiger charge is -2.21. The number of carbonyl (C=O) groups excluding carboxylic acids is 4. The van der Waals surface area contributed by atoms with E-state index in [4.69, 9.17) is 37.0 Å². The topological polar surface area (TPSA) is 237 Å². The summed E-state index contributed by atoms with van der Waals surface area (Å²) in [5, 5.41) is 10.6. The van der Waals surface area contributed by atoms with Crippen molar-refractivity contribution in [1.29, 1.82) is 0 Å². The maximum Gasteiger partial charge on any atom is 0.472 e. The van der Waals surface area contributed by atoms with E-state index in [9.17, 15) is 43.2 Å². The maximum atomic E-state index is 13.1. The highest BCUT2D eigenvalue weighted by Gasteiger charge is 2.30. The minimum absolute atomic E-state index is 0.106. The molecule has 17 nitrogen and oxygen atoms in total. The standard InChI is InChI=1S/C74H144O17P2/c1-7-9-11-13-15-17-33-40-46-52-58-73(78)90-69(62-84-71(76)56-50-44-38-16-14-12-10-8-2)64-88-92(80,81)86-60-68(75)61-87-93(82,83)89-65-70(63-85-72(77)57-51-45-39-34-29-25-22-21-24-28-32-37-43-49-55-67(5)6)91-74(79)59-53-47-41-35-30-26-20-18-19-23-27-31-36-42-48-54-66(3)4/h66-70,75H,7-65H2,1-6H3,(H,80,81)(H,82,83)/t68-,69+,70+/m0/s1. The molecule has 2 unspecified atom stereocenters. The second-order valence-corrected chi connectivity index (χ2v) is 30.5. The normalized spacial score (nSPS) is 14.1. The highest BCUT2D eigenvalue weighted by Crippen LogP contribution is 2.45. The Balaban J connectivity index is 5.19. The number of unbranched alkanes of at least 4 members (excludes halogenated alkanes) is 43. The van der Waals surface area contributed by atoms with Gasteiger partial charge in [-0.05, 0) is 37.5 Å².